The normalized spacial score (nSPS) is 10.6. The molecule has 2 heterocycles. The number of aromatic nitrogens is 1. The highest BCUT2D eigenvalue weighted by Gasteiger charge is 2.14. The van der Waals surface area contributed by atoms with Gasteiger partial charge in [0.2, 0.25) is 0 Å². The first-order valence-corrected chi connectivity index (χ1v) is 11.2. The Hall–Kier alpha value is -3.84. The van der Waals surface area contributed by atoms with Crippen LogP contribution < -0.4 is 10.6 Å². The number of pyridine rings is 1. The number of aryl methyl sites for hydroxylation is 2. The predicted octanol–water partition coefficient (Wildman–Crippen LogP) is 5.62. The van der Waals surface area contributed by atoms with Crippen molar-refractivity contribution in [3.63, 3.8) is 0 Å². The van der Waals surface area contributed by atoms with Crippen LogP contribution in [0.5, 0.6) is 0 Å². The SMILES string of the molecule is Cc1ccc(Sc2ncccc2C(=O)NCc2ccc(NC(=O)c3ccco3)cc2)cc1C. The molecule has 0 unspecified atom stereocenters. The maximum Gasteiger partial charge on any atom is 0.291 e. The molecule has 4 aromatic rings. The number of nitrogens with one attached hydrogen (secondary N) is 2. The Morgan fingerprint density at radius 1 is 0.939 bits per heavy atom. The number of carbonyl (C=O) groups excluding carboxylic acids is 2. The molecule has 7 heteroatoms. The summed E-state index contributed by atoms with van der Waals surface area (Å²) in [7, 11) is 0. The lowest BCUT2D eigenvalue weighted by Gasteiger charge is -2.10. The summed E-state index contributed by atoms with van der Waals surface area (Å²) in [6.07, 6.45) is 3.14. The fourth-order valence-electron chi connectivity index (χ4n) is 3.12. The molecule has 6 nitrogen and oxygen atoms in total. The molecule has 166 valence electrons. The molecule has 2 amide bonds. The van der Waals surface area contributed by atoms with E-state index in [0.717, 1.165) is 10.5 Å². The van der Waals surface area contributed by atoms with Gasteiger partial charge in [0.1, 0.15) is 5.03 Å². The van der Waals surface area contributed by atoms with Crippen molar-refractivity contribution in [3.8, 4) is 0 Å². The number of nitrogens with zero attached hydrogens (tertiary/aromatic N) is 1. The van der Waals surface area contributed by atoms with E-state index in [1.807, 2.05) is 18.2 Å². The van der Waals surface area contributed by atoms with Gasteiger partial charge in [0.15, 0.2) is 5.76 Å². The summed E-state index contributed by atoms with van der Waals surface area (Å²) in [5, 5.41) is 6.38. The summed E-state index contributed by atoms with van der Waals surface area (Å²) >= 11 is 1.47. The van der Waals surface area contributed by atoms with Gasteiger partial charge < -0.3 is 15.1 Å². The first kappa shape index (κ1) is 22.4. The van der Waals surface area contributed by atoms with Crippen molar-refractivity contribution in [1.82, 2.24) is 10.3 Å². The number of amides is 2. The summed E-state index contributed by atoms with van der Waals surface area (Å²) in [5.74, 6) is -0.256. The first-order chi connectivity index (χ1) is 16.0. The Morgan fingerprint density at radius 2 is 1.76 bits per heavy atom. The number of rotatable bonds is 7. The molecule has 0 bridgehead atoms. The van der Waals surface area contributed by atoms with E-state index in [1.54, 1.807) is 42.6 Å². The van der Waals surface area contributed by atoms with E-state index in [0.29, 0.717) is 22.8 Å². The molecule has 2 aromatic carbocycles. The highest BCUT2D eigenvalue weighted by atomic mass is 32.2. The lowest BCUT2D eigenvalue weighted by Crippen LogP contribution is -2.23. The smallest absolute Gasteiger partial charge is 0.291 e. The molecular weight excluding hydrogens is 434 g/mol. The first-order valence-electron chi connectivity index (χ1n) is 10.4. The van der Waals surface area contributed by atoms with Crippen LogP contribution in [0.25, 0.3) is 0 Å². The van der Waals surface area contributed by atoms with Crippen LogP contribution in [0.15, 0.2) is 93.5 Å². The fraction of sp³-hybridized carbons (Fsp3) is 0.115. The number of hydrogen-bond acceptors (Lipinski definition) is 5. The molecule has 2 aromatic heterocycles. The standard InChI is InChI=1S/C26H23N3O3S/c1-17-7-12-21(15-18(17)2)33-26-22(5-3-13-27-26)24(30)28-16-19-8-10-20(11-9-19)29-25(31)23-6-4-14-32-23/h3-15H,16H2,1-2H3,(H,28,30)(H,29,31). The minimum absolute atomic E-state index is 0.190. The zero-order valence-corrected chi connectivity index (χ0v) is 19.1. The topological polar surface area (TPSA) is 84.2 Å². The zero-order chi connectivity index (χ0) is 23.2. The van der Waals surface area contributed by atoms with E-state index in [4.69, 9.17) is 4.42 Å². The summed E-state index contributed by atoms with van der Waals surface area (Å²) in [6.45, 7) is 4.50. The molecule has 0 saturated heterocycles. The summed E-state index contributed by atoms with van der Waals surface area (Å²) in [4.78, 5) is 30.4. The quantitative estimate of drug-likeness (QED) is 0.376. The fourth-order valence-corrected chi connectivity index (χ4v) is 4.10. The molecule has 0 aliphatic heterocycles. The Labute approximate surface area is 196 Å². The van der Waals surface area contributed by atoms with Crippen molar-refractivity contribution in [2.24, 2.45) is 0 Å². The Morgan fingerprint density at radius 3 is 2.48 bits per heavy atom. The lowest BCUT2D eigenvalue weighted by molar-refractivity contribution is 0.0946. The van der Waals surface area contributed by atoms with Crippen LogP contribution >= 0.6 is 11.8 Å². The number of benzene rings is 2. The molecule has 4 rings (SSSR count). The van der Waals surface area contributed by atoms with Gasteiger partial charge in [-0.3, -0.25) is 9.59 Å². The maximum absolute atomic E-state index is 12.9. The highest BCUT2D eigenvalue weighted by Crippen LogP contribution is 2.30. The lowest BCUT2D eigenvalue weighted by atomic mass is 10.1. The summed E-state index contributed by atoms with van der Waals surface area (Å²) in [5.41, 5.74) is 4.51. The van der Waals surface area contributed by atoms with Gasteiger partial charge in [0.05, 0.1) is 11.8 Å². The number of carbonyl (C=O) groups is 2. The predicted molar refractivity (Wildman–Crippen MR) is 129 cm³/mol. The molecule has 0 fully saturated rings. The summed E-state index contributed by atoms with van der Waals surface area (Å²) < 4.78 is 5.09. The van der Waals surface area contributed by atoms with Gasteiger partial charge in [-0.25, -0.2) is 4.98 Å². The monoisotopic (exact) mass is 457 g/mol. The second-order valence-corrected chi connectivity index (χ2v) is 8.58. The Balaban J connectivity index is 1.38. The van der Waals surface area contributed by atoms with Crippen molar-refractivity contribution in [1.29, 1.82) is 0 Å². The molecule has 0 atom stereocenters. The molecule has 0 aliphatic carbocycles. The minimum Gasteiger partial charge on any atom is -0.459 e. The largest absolute Gasteiger partial charge is 0.459 e. The highest BCUT2D eigenvalue weighted by molar-refractivity contribution is 7.99. The summed E-state index contributed by atoms with van der Waals surface area (Å²) in [6, 6.07) is 20.3. The number of furan rings is 1. The van der Waals surface area contributed by atoms with Gasteiger partial charge in [0.25, 0.3) is 11.8 Å². The third-order valence-electron chi connectivity index (χ3n) is 5.12. The van der Waals surface area contributed by atoms with Crippen LogP contribution in [0.3, 0.4) is 0 Å². The third kappa shape index (κ3) is 5.70. The van der Waals surface area contributed by atoms with E-state index >= 15 is 0 Å². The van der Waals surface area contributed by atoms with Crippen LogP contribution in [-0.4, -0.2) is 16.8 Å². The van der Waals surface area contributed by atoms with E-state index in [1.165, 1.54) is 29.2 Å². The van der Waals surface area contributed by atoms with E-state index in [-0.39, 0.29) is 17.6 Å². The Kier molecular flexibility index (Phi) is 6.90. The second-order valence-electron chi connectivity index (χ2n) is 7.52. The van der Waals surface area contributed by atoms with Crippen LogP contribution in [0.4, 0.5) is 5.69 Å². The molecule has 0 radical (unpaired) electrons. The van der Waals surface area contributed by atoms with Crippen molar-refractivity contribution in [2.75, 3.05) is 5.32 Å². The molecule has 0 saturated carbocycles. The molecule has 0 spiro atoms. The van der Waals surface area contributed by atoms with E-state index < -0.39 is 0 Å². The average molecular weight is 458 g/mol. The molecule has 33 heavy (non-hydrogen) atoms. The number of hydrogen-bond donors (Lipinski definition) is 2. The molecule has 2 N–H and O–H groups in total. The average Bonchev–Trinajstić information content (AvgIpc) is 3.36. The van der Waals surface area contributed by atoms with Gasteiger partial charge in [-0.05, 0) is 79.1 Å². The molecule has 0 aliphatic rings. The maximum atomic E-state index is 12.9. The van der Waals surface area contributed by atoms with Crippen molar-refractivity contribution in [2.45, 2.75) is 30.3 Å². The van der Waals surface area contributed by atoms with Crippen LogP contribution in [-0.2, 0) is 6.54 Å². The van der Waals surface area contributed by atoms with Crippen LogP contribution in [0.1, 0.15) is 37.6 Å². The molecular formula is C26H23N3O3S. The van der Waals surface area contributed by atoms with Gasteiger partial charge in [0, 0.05) is 23.3 Å². The van der Waals surface area contributed by atoms with Gasteiger partial charge in [-0.2, -0.15) is 0 Å². The van der Waals surface area contributed by atoms with Gasteiger partial charge >= 0.3 is 0 Å². The van der Waals surface area contributed by atoms with E-state index in [2.05, 4.69) is 41.6 Å². The van der Waals surface area contributed by atoms with Crippen molar-refractivity contribution < 1.29 is 14.0 Å². The van der Waals surface area contributed by atoms with Crippen molar-refractivity contribution >= 4 is 29.3 Å². The van der Waals surface area contributed by atoms with Crippen LogP contribution in [0, 0.1) is 13.8 Å². The second kappa shape index (κ2) is 10.2. The minimum atomic E-state index is -0.313. The Bertz CT molecular complexity index is 1270. The zero-order valence-electron chi connectivity index (χ0n) is 18.3. The third-order valence-corrected chi connectivity index (χ3v) is 6.13. The van der Waals surface area contributed by atoms with Crippen molar-refractivity contribution in [3.05, 3.63) is 107 Å². The van der Waals surface area contributed by atoms with Crippen LogP contribution in [0.2, 0.25) is 0 Å². The number of anilines is 1. The van der Waals surface area contributed by atoms with Gasteiger partial charge in [-0.1, -0.05) is 30.0 Å². The van der Waals surface area contributed by atoms with E-state index in [9.17, 15) is 9.59 Å². The van der Waals surface area contributed by atoms with Gasteiger partial charge in [-0.15, -0.1) is 0 Å².